The topological polar surface area (TPSA) is 35.5 Å². The number of ether oxygens (including phenoxy) is 1. The Balaban J connectivity index is 3.70. The fraction of sp³-hybridized carbons (Fsp3) is 0.700. The molecule has 0 heterocycles. The summed E-state index contributed by atoms with van der Waals surface area (Å²) in [6.07, 6.45) is 0.917. The summed E-state index contributed by atoms with van der Waals surface area (Å²) in [5, 5.41) is 0. The van der Waals surface area contributed by atoms with E-state index in [1.165, 1.54) is 0 Å². The lowest BCUT2D eigenvalue weighted by molar-refractivity contribution is -0.143. The van der Waals surface area contributed by atoms with Crippen LogP contribution in [0, 0.1) is 0 Å². The molecule has 0 aliphatic rings. The highest BCUT2D eigenvalue weighted by molar-refractivity contribution is 6.70. The summed E-state index contributed by atoms with van der Waals surface area (Å²) in [5.41, 5.74) is 0. The molecule has 0 fully saturated rings. The Morgan fingerprint density at radius 3 is 2.29 bits per heavy atom. The Kier molecular flexibility index (Phi) is 5.53. The number of carbonyl (C=O) groups excluding carboxylic acids is 1. The average molecular weight is 216 g/mol. The van der Waals surface area contributed by atoms with E-state index in [1.807, 2.05) is 0 Å². The summed E-state index contributed by atoms with van der Waals surface area (Å²) in [5.74, 6) is 0.505. The number of esters is 1. The number of rotatable bonds is 6. The smallest absolute Gasteiger partial charge is 0.306 e. The third kappa shape index (κ3) is 7.85. The first-order valence-corrected chi connectivity index (χ1v) is 8.28. The molecule has 0 aromatic heterocycles. The molecule has 0 rings (SSSR count). The van der Waals surface area contributed by atoms with Crippen molar-refractivity contribution in [3.8, 4) is 0 Å². The van der Waals surface area contributed by atoms with E-state index in [9.17, 15) is 4.79 Å². The molecular formula is C10H20O3Si. The minimum Gasteiger partial charge on any atom is -0.548 e. The van der Waals surface area contributed by atoms with E-state index in [4.69, 9.17) is 9.16 Å². The molecule has 0 radical (unpaired) electrons. The zero-order valence-electron chi connectivity index (χ0n) is 9.55. The Labute approximate surface area is 87.2 Å². The van der Waals surface area contributed by atoms with Gasteiger partial charge in [0.25, 0.3) is 0 Å². The summed E-state index contributed by atoms with van der Waals surface area (Å²) in [6.45, 7) is 12.3. The molecule has 0 atom stereocenters. The zero-order valence-corrected chi connectivity index (χ0v) is 10.6. The van der Waals surface area contributed by atoms with Crippen LogP contribution in [-0.2, 0) is 14.0 Å². The second-order valence-electron chi connectivity index (χ2n) is 4.06. The van der Waals surface area contributed by atoms with Crippen molar-refractivity contribution >= 4 is 14.3 Å². The van der Waals surface area contributed by atoms with Gasteiger partial charge in [-0.15, -0.1) is 0 Å². The van der Waals surface area contributed by atoms with E-state index < -0.39 is 8.32 Å². The quantitative estimate of drug-likeness (QED) is 0.389. The molecule has 0 saturated heterocycles. The summed E-state index contributed by atoms with van der Waals surface area (Å²) in [7, 11) is -1.56. The predicted octanol–water partition coefficient (Wildman–Crippen LogP) is 2.69. The molecule has 0 bridgehead atoms. The van der Waals surface area contributed by atoms with Crippen LogP contribution in [0.5, 0.6) is 0 Å². The fourth-order valence-corrected chi connectivity index (χ4v) is 1.93. The zero-order chi connectivity index (χ0) is 11.2. The number of allylic oxidation sites excluding steroid dienone is 1. The van der Waals surface area contributed by atoms with Crippen molar-refractivity contribution < 1.29 is 14.0 Å². The van der Waals surface area contributed by atoms with Crippen molar-refractivity contribution in [2.45, 2.75) is 39.4 Å². The van der Waals surface area contributed by atoms with Crippen molar-refractivity contribution in [2.75, 3.05) is 6.61 Å². The third-order valence-electron chi connectivity index (χ3n) is 1.36. The van der Waals surface area contributed by atoms with Gasteiger partial charge in [-0.3, -0.25) is 4.79 Å². The SMILES string of the molecule is C=C(CCC(=O)OCC)O[Si](C)(C)C. The Hall–Kier alpha value is -0.773. The van der Waals surface area contributed by atoms with Crippen LogP contribution in [0.15, 0.2) is 12.3 Å². The normalized spacial score (nSPS) is 10.9. The maximum atomic E-state index is 11.0. The van der Waals surface area contributed by atoms with Crippen LogP contribution in [0.3, 0.4) is 0 Å². The summed E-state index contributed by atoms with van der Waals surface area (Å²) < 4.78 is 10.4. The number of hydrogen-bond acceptors (Lipinski definition) is 3. The van der Waals surface area contributed by atoms with Gasteiger partial charge in [0.15, 0.2) is 0 Å². The summed E-state index contributed by atoms with van der Waals surface area (Å²) in [4.78, 5) is 11.0. The first kappa shape index (κ1) is 13.2. The maximum Gasteiger partial charge on any atom is 0.306 e. The molecule has 4 heteroatoms. The van der Waals surface area contributed by atoms with Crippen LogP contribution >= 0.6 is 0 Å². The van der Waals surface area contributed by atoms with E-state index in [1.54, 1.807) is 6.92 Å². The van der Waals surface area contributed by atoms with E-state index in [0.29, 0.717) is 25.2 Å². The monoisotopic (exact) mass is 216 g/mol. The first-order valence-electron chi connectivity index (χ1n) is 4.87. The minimum absolute atomic E-state index is 0.187. The van der Waals surface area contributed by atoms with Crippen molar-refractivity contribution in [1.82, 2.24) is 0 Å². The van der Waals surface area contributed by atoms with Gasteiger partial charge >= 0.3 is 5.97 Å². The van der Waals surface area contributed by atoms with Crippen LogP contribution < -0.4 is 0 Å². The van der Waals surface area contributed by atoms with E-state index in [0.717, 1.165) is 0 Å². The van der Waals surface area contributed by atoms with Crippen molar-refractivity contribution in [3.63, 3.8) is 0 Å². The molecule has 14 heavy (non-hydrogen) atoms. The van der Waals surface area contributed by atoms with E-state index in [2.05, 4.69) is 26.2 Å². The molecule has 0 aliphatic heterocycles. The van der Waals surface area contributed by atoms with Gasteiger partial charge in [-0.2, -0.15) is 0 Å². The van der Waals surface area contributed by atoms with Gasteiger partial charge in [-0.25, -0.2) is 0 Å². The van der Waals surface area contributed by atoms with E-state index in [-0.39, 0.29) is 5.97 Å². The van der Waals surface area contributed by atoms with Crippen molar-refractivity contribution in [2.24, 2.45) is 0 Å². The molecule has 0 aromatic rings. The van der Waals surface area contributed by atoms with E-state index >= 15 is 0 Å². The summed E-state index contributed by atoms with van der Waals surface area (Å²) in [6, 6.07) is 0. The number of hydrogen-bond donors (Lipinski definition) is 0. The highest BCUT2D eigenvalue weighted by atomic mass is 28.4. The van der Waals surface area contributed by atoms with Crippen LogP contribution in [0.25, 0.3) is 0 Å². The highest BCUT2D eigenvalue weighted by Gasteiger charge is 2.17. The minimum atomic E-state index is -1.56. The molecular weight excluding hydrogens is 196 g/mol. The van der Waals surface area contributed by atoms with Gasteiger partial charge in [-0.1, -0.05) is 6.58 Å². The Morgan fingerprint density at radius 1 is 1.29 bits per heavy atom. The first-order chi connectivity index (χ1) is 6.35. The van der Waals surface area contributed by atoms with Crippen LogP contribution in [-0.4, -0.2) is 20.9 Å². The maximum absolute atomic E-state index is 11.0. The fourth-order valence-electron chi connectivity index (χ4n) is 0.959. The van der Waals surface area contributed by atoms with Gasteiger partial charge in [-0.05, 0) is 26.6 Å². The lowest BCUT2D eigenvalue weighted by Gasteiger charge is -2.20. The van der Waals surface area contributed by atoms with Crippen LogP contribution in [0.2, 0.25) is 19.6 Å². The summed E-state index contributed by atoms with van der Waals surface area (Å²) >= 11 is 0. The Bertz CT molecular complexity index is 206. The third-order valence-corrected chi connectivity index (χ3v) is 2.26. The molecule has 0 aromatic carbocycles. The molecule has 0 aliphatic carbocycles. The van der Waals surface area contributed by atoms with Gasteiger partial charge < -0.3 is 9.16 Å². The molecule has 0 N–H and O–H groups in total. The second-order valence-corrected chi connectivity index (χ2v) is 8.49. The molecule has 0 spiro atoms. The van der Waals surface area contributed by atoms with Gasteiger partial charge in [0.2, 0.25) is 8.32 Å². The second kappa shape index (κ2) is 5.85. The van der Waals surface area contributed by atoms with Gasteiger partial charge in [0, 0.05) is 6.42 Å². The Morgan fingerprint density at radius 2 is 1.86 bits per heavy atom. The average Bonchev–Trinajstić information content (AvgIpc) is 1.98. The standard InChI is InChI=1S/C10H20O3Si/c1-6-12-10(11)8-7-9(2)13-14(3,4)5/h2,6-8H2,1,3-5H3. The highest BCUT2D eigenvalue weighted by Crippen LogP contribution is 2.13. The molecule has 0 amide bonds. The van der Waals surface area contributed by atoms with Gasteiger partial charge in [0.05, 0.1) is 18.8 Å². The lowest BCUT2D eigenvalue weighted by Crippen LogP contribution is -2.24. The van der Waals surface area contributed by atoms with Crippen LogP contribution in [0.4, 0.5) is 0 Å². The largest absolute Gasteiger partial charge is 0.548 e. The van der Waals surface area contributed by atoms with Crippen LogP contribution in [0.1, 0.15) is 19.8 Å². The van der Waals surface area contributed by atoms with Crippen molar-refractivity contribution in [3.05, 3.63) is 12.3 Å². The number of carbonyl (C=O) groups is 1. The molecule has 0 unspecified atom stereocenters. The lowest BCUT2D eigenvalue weighted by atomic mass is 10.3. The van der Waals surface area contributed by atoms with Crippen molar-refractivity contribution in [1.29, 1.82) is 0 Å². The molecule has 0 saturated carbocycles. The predicted molar refractivity (Wildman–Crippen MR) is 59.4 cm³/mol. The molecule has 82 valence electrons. The molecule has 3 nitrogen and oxygen atoms in total. The van der Waals surface area contributed by atoms with Gasteiger partial charge in [0.1, 0.15) is 0 Å².